The van der Waals surface area contributed by atoms with Gasteiger partial charge in [0.1, 0.15) is 23.7 Å². The molecule has 2 aromatic rings. The highest BCUT2D eigenvalue weighted by Gasteiger charge is 2.64. The number of aromatic hydroxyl groups is 2. The Bertz CT molecular complexity index is 1090. The third-order valence-corrected chi connectivity index (χ3v) is 7.71. The van der Waals surface area contributed by atoms with Gasteiger partial charge in [0.2, 0.25) is 0 Å². The second-order valence-electron chi connectivity index (χ2n) is 9.14. The summed E-state index contributed by atoms with van der Waals surface area (Å²) in [4.78, 5) is 6.74. The maximum atomic E-state index is 10.6. The quantitative estimate of drug-likeness (QED) is 0.649. The number of ether oxygens (including phenoxy) is 2. The number of rotatable bonds is 4. The number of hydrogen-bond donors (Lipinski definition) is 3. The lowest BCUT2D eigenvalue weighted by molar-refractivity contribution is -0.0759. The highest BCUT2D eigenvalue weighted by atomic mass is 16.5. The lowest BCUT2D eigenvalue weighted by Crippen LogP contribution is -2.65. The van der Waals surface area contributed by atoms with Crippen molar-refractivity contribution in [2.45, 2.75) is 49.7 Å². The average molecular weight is 422 g/mol. The molecule has 0 saturated carbocycles. The zero-order valence-electron chi connectivity index (χ0n) is 17.4. The molecule has 2 aliphatic heterocycles. The summed E-state index contributed by atoms with van der Waals surface area (Å²) in [6.45, 7) is 0.892. The normalized spacial score (nSPS) is 32.6. The number of aromatic nitrogens is 1. The van der Waals surface area contributed by atoms with Crippen LogP contribution in [0, 0.1) is 5.92 Å². The number of likely N-dealkylation sites (tertiary alicyclic amines) is 1. The molecule has 1 aromatic carbocycles. The fourth-order valence-electron chi connectivity index (χ4n) is 6.28. The molecule has 0 radical (unpaired) electrons. The lowest BCUT2D eigenvalue weighted by atomic mass is 9.53. The second-order valence-corrected chi connectivity index (χ2v) is 9.14. The molecular weight excluding hydrogens is 396 g/mol. The van der Waals surface area contributed by atoms with Crippen LogP contribution in [0.2, 0.25) is 0 Å². The van der Waals surface area contributed by atoms with Gasteiger partial charge in [-0.25, -0.2) is 4.98 Å². The lowest BCUT2D eigenvalue weighted by Gasteiger charge is -2.56. The van der Waals surface area contributed by atoms with E-state index in [1.165, 1.54) is 17.2 Å². The molecule has 7 heteroatoms. The Kier molecular flexibility index (Phi) is 4.12. The monoisotopic (exact) mass is 422 g/mol. The number of pyridine rings is 1. The molecule has 3 N–H and O–H groups in total. The van der Waals surface area contributed by atoms with E-state index in [-0.39, 0.29) is 48.0 Å². The first kappa shape index (κ1) is 19.1. The predicted octanol–water partition coefficient (Wildman–Crippen LogP) is 2.02. The Labute approximate surface area is 180 Å². The van der Waals surface area contributed by atoms with Gasteiger partial charge < -0.3 is 29.7 Å². The minimum atomic E-state index is -0.328. The summed E-state index contributed by atoms with van der Waals surface area (Å²) >= 11 is 0. The number of likely N-dealkylation sites (N-methyl/N-ethyl adjacent to an activating group) is 1. The number of aliphatic hydroxyl groups is 1. The molecule has 1 fully saturated rings. The minimum absolute atomic E-state index is 0.0253. The van der Waals surface area contributed by atoms with E-state index in [4.69, 9.17) is 9.47 Å². The van der Waals surface area contributed by atoms with Crippen molar-refractivity contribution in [1.82, 2.24) is 9.88 Å². The Hall–Kier alpha value is -2.61. The number of piperidine rings is 1. The van der Waals surface area contributed by atoms with Crippen molar-refractivity contribution in [2.75, 3.05) is 13.6 Å². The molecule has 1 saturated heterocycles. The molecule has 162 valence electrons. The number of hydrogen-bond acceptors (Lipinski definition) is 7. The Morgan fingerprint density at radius 2 is 2.03 bits per heavy atom. The molecule has 1 spiro atoms. The van der Waals surface area contributed by atoms with Gasteiger partial charge in [-0.3, -0.25) is 0 Å². The predicted molar refractivity (Wildman–Crippen MR) is 112 cm³/mol. The molecule has 1 aromatic heterocycles. The van der Waals surface area contributed by atoms with E-state index >= 15 is 0 Å². The van der Waals surface area contributed by atoms with E-state index in [0.29, 0.717) is 23.4 Å². The van der Waals surface area contributed by atoms with Crippen molar-refractivity contribution >= 4 is 0 Å². The third kappa shape index (κ3) is 2.54. The summed E-state index contributed by atoms with van der Waals surface area (Å²) in [5.74, 6) is 1.12. The van der Waals surface area contributed by atoms with Crippen LogP contribution in [0.3, 0.4) is 0 Å². The molecule has 3 heterocycles. The fourth-order valence-corrected chi connectivity index (χ4v) is 6.28. The second kappa shape index (κ2) is 6.69. The summed E-state index contributed by atoms with van der Waals surface area (Å²) in [6, 6.07) is 7.43. The first-order valence-electron chi connectivity index (χ1n) is 10.8. The van der Waals surface area contributed by atoms with Gasteiger partial charge in [-0.05, 0) is 50.2 Å². The van der Waals surface area contributed by atoms with Crippen molar-refractivity contribution in [2.24, 2.45) is 5.92 Å². The number of aliphatic hydroxyl groups excluding tert-OH is 1. The molecule has 4 aliphatic rings. The van der Waals surface area contributed by atoms with Gasteiger partial charge in [-0.2, -0.15) is 0 Å². The van der Waals surface area contributed by atoms with E-state index in [1.54, 1.807) is 12.1 Å². The van der Waals surface area contributed by atoms with Gasteiger partial charge in [0.25, 0.3) is 0 Å². The first-order chi connectivity index (χ1) is 15.0. The molecule has 2 aliphatic carbocycles. The summed E-state index contributed by atoms with van der Waals surface area (Å²) < 4.78 is 12.8. The Morgan fingerprint density at radius 1 is 1.19 bits per heavy atom. The van der Waals surface area contributed by atoms with Crippen molar-refractivity contribution in [3.63, 3.8) is 0 Å². The highest BCUT2D eigenvalue weighted by molar-refractivity contribution is 5.61. The van der Waals surface area contributed by atoms with E-state index in [9.17, 15) is 15.3 Å². The van der Waals surface area contributed by atoms with E-state index < -0.39 is 0 Å². The van der Waals surface area contributed by atoms with Crippen LogP contribution >= 0.6 is 0 Å². The van der Waals surface area contributed by atoms with E-state index in [2.05, 4.69) is 35.1 Å². The Morgan fingerprint density at radius 3 is 2.87 bits per heavy atom. The molecule has 7 nitrogen and oxygen atoms in total. The van der Waals surface area contributed by atoms with Gasteiger partial charge in [0.05, 0.1) is 18.9 Å². The maximum Gasteiger partial charge on any atom is 0.165 e. The van der Waals surface area contributed by atoms with Gasteiger partial charge in [-0.1, -0.05) is 18.2 Å². The number of nitrogens with zero attached hydrogens (tertiary/aromatic N) is 2. The maximum absolute atomic E-state index is 10.6. The SMILES string of the molecule is CN1CC[C@]23c4c5ccc(O)c4O[C@@H]2[C@@H](OCc2ccc(O)c(CO)n2)C=C[C@H]3[C@H]1C5. The van der Waals surface area contributed by atoms with Crippen molar-refractivity contribution in [3.05, 3.63) is 58.9 Å². The topological polar surface area (TPSA) is 95.3 Å². The number of benzene rings is 1. The fraction of sp³-hybridized carbons (Fsp3) is 0.458. The largest absolute Gasteiger partial charge is 0.506 e. The summed E-state index contributed by atoms with van der Waals surface area (Å²) in [7, 11) is 2.19. The molecule has 0 unspecified atom stereocenters. The summed E-state index contributed by atoms with van der Waals surface area (Å²) in [5.41, 5.74) is 3.12. The van der Waals surface area contributed by atoms with Crippen LogP contribution in [0.25, 0.3) is 0 Å². The van der Waals surface area contributed by atoms with Crippen LogP contribution in [0.4, 0.5) is 0 Å². The number of phenolic OH excluding ortho intramolecular Hbond substituents is 1. The summed E-state index contributed by atoms with van der Waals surface area (Å²) in [5, 5.41) is 29.7. The third-order valence-electron chi connectivity index (χ3n) is 7.71. The van der Waals surface area contributed by atoms with Gasteiger partial charge in [0.15, 0.2) is 11.5 Å². The van der Waals surface area contributed by atoms with Crippen LogP contribution in [0.1, 0.15) is 28.9 Å². The first-order valence-corrected chi connectivity index (χ1v) is 10.8. The molecule has 5 atom stereocenters. The van der Waals surface area contributed by atoms with Crippen LogP contribution in [0.15, 0.2) is 36.4 Å². The molecule has 6 rings (SSSR count). The van der Waals surface area contributed by atoms with E-state index in [0.717, 1.165) is 19.4 Å². The molecule has 0 amide bonds. The van der Waals surface area contributed by atoms with Crippen LogP contribution in [-0.2, 0) is 29.8 Å². The van der Waals surface area contributed by atoms with Crippen molar-refractivity contribution in [1.29, 1.82) is 0 Å². The molecular formula is C24H26N2O5. The van der Waals surface area contributed by atoms with Crippen LogP contribution in [0.5, 0.6) is 17.2 Å². The van der Waals surface area contributed by atoms with E-state index in [1.807, 2.05) is 0 Å². The molecule has 2 bridgehead atoms. The standard InChI is InChI=1S/C24H26N2O5/c1-26-9-8-24-15-4-7-20(30-12-14-3-6-18(28)16(11-27)25-14)23(24)31-22-19(29)5-2-13(21(22)24)10-17(15)26/h2-7,15,17,20,23,27-29H,8-12H2,1H3/t15-,17+,20-,23+,24-/m0/s1. The minimum Gasteiger partial charge on any atom is -0.506 e. The zero-order chi connectivity index (χ0) is 21.3. The summed E-state index contributed by atoms with van der Waals surface area (Å²) in [6.07, 6.45) is 5.80. The van der Waals surface area contributed by atoms with Gasteiger partial charge in [0, 0.05) is 22.9 Å². The van der Waals surface area contributed by atoms with Crippen molar-refractivity contribution in [3.8, 4) is 17.2 Å². The van der Waals surface area contributed by atoms with Crippen LogP contribution < -0.4 is 4.74 Å². The van der Waals surface area contributed by atoms with Gasteiger partial charge in [-0.15, -0.1) is 0 Å². The highest BCUT2D eigenvalue weighted by Crippen LogP contribution is 2.62. The Balaban J connectivity index is 1.37. The van der Waals surface area contributed by atoms with Crippen LogP contribution in [-0.4, -0.2) is 57.0 Å². The van der Waals surface area contributed by atoms with Gasteiger partial charge >= 0.3 is 0 Å². The number of phenols is 1. The zero-order valence-corrected chi connectivity index (χ0v) is 17.4. The van der Waals surface area contributed by atoms with Crippen molar-refractivity contribution < 1.29 is 24.8 Å². The average Bonchev–Trinajstić information content (AvgIpc) is 3.13. The molecule has 31 heavy (non-hydrogen) atoms. The smallest absolute Gasteiger partial charge is 0.165 e.